The number of anilines is 1. The van der Waals surface area contributed by atoms with Gasteiger partial charge in [0.25, 0.3) is 6.01 Å². The van der Waals surface area contributed by atoms with E-state index in [1.54, 1.807) is 25.3 Å². The van der Waals surface area contributed by atoms with Crippen molar-refractivity contribution in [3.63, 3.8) is 0 Å². The summed E-state index contributed by atoms with van der Waals surface area (Å²) >= 11 is 0. The Morgan fingerprint density at radius 3 is 2.69 bits per heavy atom. The summed E-state index contributed by atoms with van der Waals surface area (Å²) in [6, 6.07) is 13.0. The number of halogens is 1. The molecule has 0 saturated carbocycles. The van der Waals surface area contributed by atoms with Gasteiger partial charge in [-0.3, -0.25) is 0 Å². The normalized spacial score (nSPS) is 11.3. The third-order valence-corrected chi connectivity index (χ3v) is 4.01. The molecule has 29 heavy (non-hydrogen) atoms. The Balaban J connectivity index is 1.59. The SMILES string of the molecule is COc1ccc(CNc2nc3ccc(OC/C(=C/F)CNC(=O)O)cc3o2)cc1. The third kappa shape index (κ3) is 5.61. The quantitative estimate of drug-likeness (QED) is 0.498. The molecular weight excluding hydrogens is 381 g/mol. The molecule has 1 aromatic heterocycles. The molecule has 0 radical (unpaired) electrons. The molecule has 3 rings (SSSR count). The predicted octanol–water partition coefficient (Wildman–Crippen LogP) is 3.95. The van der Waals surface area contributed by atoms with Crippen molar-refractivity contribution in [2.45, 2.75) is 6.54 Å². The van der Waals surface area contributed by atoms with Gasteiger partial charge >= 0.3 is 6.09 Å². The number of fused-ring (bicyclic) bond motifs is 1. The molecule has 0 unspecified atom stereocenters. The van der Waals surface area contributed by atoms with Gasteiger partial charge in [-0.05, 0) is 29.8 Å². The van der Waals surface area contributed by atoms with E-state index in [0.29, 0.717) is 35.7 Å². The maximum Gasteiger partial charge on any atom is 0.404 e. The largest absolute Gasteiger partial charge is 0.497 e. The zero-order valence-electron chi connectivity index (χ0n) is 15.6. The monoisotopic (exact) mass is 401 g/mol. The van der Waals surface area contributed by atoms with Gasteiger partial charge in [0.1, 0.15) is 23.6 Å². The minimum atomic E-state index is -1.23. The van der Waals surface area contributed by atoms with Gasteiger partial charge in [-0.2, -0.15) is 4.98 Å². The van der Waals surface area contributed by atoms with Crippen LogP contribution >= 0.6 is 0 Å². The van der Waals surface area contributed by atoms with E-state index in [1.165, 1.54) is 0 Å². The van der Waals surface area contributed by atoms with E-state index in [0.717, 1.165) is 11.3 Å². The zero-order chi connectivity index (χ0) is 20.6. The topological polar surface area (TPSA) is 106 Å². The number of nitrogens with one attached hydrogen (secondary N) is 2. The third-order valence-electron chi connectivity index (χ3n) is 4.01. The highest BCUT2D eigenvalue weighted by Gasteiger charge is 2.08. The van der Waals surface area contributed by atoms with Crippen molar-refractivity contribution >= 4 is 23.2 Å². The molecule has 0 atom stereocenters. The number of carbonyl (C=O) groups is 1. The lowest BCUT2D eigenvalue weighted by molar-refractivity contribution is 0.195. The molecule has 1 heterocycles. The van der Waals surface area contributed by atoms with Crippen molar-refractivity contribution in [3.8, 4) is 11.5 Å². The molecule has 1 amide bonds. The number of ether oxygens (including phenoxy) is 2. The van der Waals surface area contributed by atoms with Crippen LogP contribution in [-0.4, -0.2) is 36.4 Å². The second-order valence-corrected chi connectivity index (χ2v) is 6.06. The van der Waals surface area contributed by atoms with Gasteiger partial charge in [-0.1, -0.05) is 12.1 Å². The Morgan fingerprint density at radius 1 is 1.24 bits per heavy atom. The maximum absolute atomic E-state index is 12.8. The summed E-state index contributed by atoms with van der Waals surface area (Å²) in [4.78, 5) is 14.8. The summed E-state index contributed by atoms with van der Waals surface area (Å²) < 4.78 is 29.1. The number of hydrogen-bond acceptors (Lipinski definition) is 6. The minimum Gasteiger partial charge on any atom is -0.497 e. The van der Waals surface area contributed by atoms with Crippen LogP contribution in [0.4, 0.5) is 15.2 Å². The number of rotatable bonds is 9. The van der Waals surface area contributed by atoms with E-state index < -0.39 is 6.09 Å². The van der Waals surface area contributed by atoms with Crippen LogP contribution < -0.4 is 20.1 Å². The molecular formula is C20H20FN3O5. The highest BCUT2D eigenvalue weighted by Crippen LogP contribution is 2.24. The van der Waals surface area contributed by atoms with Crippen molar-refractivity contribution < 1.29 is 28.2 Å². The molecule has 0 aliphatic carbocycles. The molecule has 3 aromatic rings. The summed E-state index contributed by atoms with van der Waals surface area (Å²) in [6.45, 7) is 0.274. The minimum absolute atomic E-state index is 0.0982. The first-order valence-corrected chi connectivity index (χ1v) is 8.72. The molecule has 0 fully saturated rings. The standard InChI is InChI=1S/C20H20FN3O5/c1-27-15-4-2-13(3-5-15)10-22-19-24-17-7-6-16(8-18(17)29-19)28-12-14(9-21)11-23-20(25)26/h2-9,23H,10-12H2,1H3,(H,22,24)(H,25,26)/b14-9+. The number of nitrogens with zero attached hydrogens (tertiary/aromatic N) is 1. The summed E-state index contributed by atoms with van der Waals surface area (Å²) in [7, 11) is 1.62. The van der Waals surface area contributed by atoms with E-state index >= 15 is 0 Å². The van der Waals surface area contributed by atoms with E-state index in [-0.39, 0.29) is 18.7 Å². The Morgan fingerprint density at radius 2 is 2.00 bits per heavy atom. The van der Waals surface area contributed by atoms with Crippen molar-refractivity contribution in [3.05, 3.63) is 59.9 Å². The molecule has 152 valence electrons. The molecule has 9 heteroatoms. The van der Waals surface area contributed by atoms with Crippen molar-refractivity contribution in [2.24, 2.45) is 0 Å². The van der Waals surface area contributed by atoms with Crippen LogP contribution in [0.25, 0.3) is 11.1 Å². The van der Waals surface area contributed by atoms with E-state index in [2.05, 4.69) is 15.6 Å². The van der Waals surface area contributed by atoms with Crippen molar-refractivity contribution in [1.29, 1.82) is 0 Å². The van der Waals surface area contributed by atoms with Crippen LogP contribution in [-0.2, 0) is 6.54 Å². The fraction of sp³-hybridized carbons (Fsp3) is 0.200. The summed E-state index contributed by atoms with van der Waals surface area (Å²) in [5.41, 5.74) is 2.35. The number of amides is 1. The molecule has 0 spiro atoms. The summed E-state index contributed by atoms with van der Waals surface area (Å²) in [5.74, 6) is 1.23. The van der Waals surface area contributed by atoms with Gasteiger partial charge in [-0.15, -0.1) is 0 Å². The molecule has 8 nitrogen and oxygen atoms in total. The average Bonchev–Trinajstić information content (AvgIpc) is 3.14. The van der Waals surface area contributed by atoms with E-state index in [1.807, 2.05) is 24.3 Å². The smallest absolute Gasteiger partial charge is 0.404 e. The second-order valence-electron chi connectivity index (χ2n) is 6.06. The fourth-order valence-corrected chi connectivity index (χ4v) is 2.48. The first kappa shape index (κ1) is 20.0. The van der Waals surface area contributed by atoms with E-state index in [9.17, 15) is 9.18 Å². The second kappa shape index (κ2) is 9.45. The van der Waals surface area contributed by atoms with Gasteiger partial charge in [0.15, 0.2) is 5.58 Å². The Bertz CT molecular complexity index is 1000. The first-order valence-electron chi connectivity index (χ1n) is 8.72. The molecule has 0 saturated heterocycles. The Kier molecular flexibility index (Phi) is 6.51. The molecule has 0 aliphatic heterocycles. The first-order chi connectivity index (χ1) is 14.1. The van der Waals surface area contributed by atoms with Crippen LogP contribution in [0, 0.1) is 0 Å². The average molecular weight is 401 g/mol. The number of benzene rings is 2. The number of oxazole rings is 1. The molecule has 3 N–H and O–H groups in total. The van der Waals surface area contributed by atoms with Crippen molar-refractivity contribution in [1.82, 2.24) is 10.3 Å². The van der Waals surface area contributed by atoms with Crippen molar-refractivity contribution in [2.75, 3.05) is 25.6 Å². The van der Waals surface area contributed by atoms with Gasteiger partial charge in [-0.25, -0.2) is 9.18 Å². The lowest BCUT2D eigenvalue weighted by Gasteiger charge is -2.08. The highest BCUT2D eigenvalue weighted by molar-refractivity contribution is 5.76. The van der Waals surface area contributed by atoms with Crippen LogP contribution in [0.1, 0.15) is 5.56 Å². The van der Waals surface area contributed by atoms with E-state index in [4.69, 9.17) is 19.0 Å². The maximum atomic E-state index is 12.8. The van der Waals surface area contributed by atoms with Crippen LogP contribution in [0.3, 0.4) is 0 Å². The lowest BCUT2D eigenvalue weighted by Crippen LogP contribution is -2.25. The number of hydrogen-bond donors (Lipinski definition) is 3. The van der Waals surface area contributed by atoms with Gasteiger partial charge < -0.3 is 29.6 Å². The lowest BCUT2D eigenvalue weighted by atomic mass is 10.2. The van der Waals surface area contributed by atoms with Gasteiger partial charge in [0.05, 0.1) is 13.4 Å². The number of methoxy groups -OCH3 is 1. The van der Waals surface area contributed by atoms with Gasteiger partial charge in [0, 0.05) is 24.7 Å². The number of carboxylic acid groups (broad SMARTS) is 1. The fourth-order valence-electron chi connectivity index (χ4n) is 2.48. The molecule has 0 aliphatic rings. The van der Waals surface area contributed by atoms with Crippen LogP contribution in [0.15, 0.2) is 58.8 Å². The Labute approximate surface area is 165 Å². The highest BCUT2D eigenvalue weighted by atomic mass is 19.1. The summed E-state index contributed by atoms with van der Waals surface area (Å²) in [5, 5.41) is 13.8. The van der Waals surface area contributed by atoms with Gasteiger partial charge in [0.2, 0.25) is 0 Å². The summed E-state index contributed by atoms with van der Waals surface area (Å²) in [6.07, 6.45) is -0.911. The van der Waals surface area contributed by atoms with Crippen LogP contribution in [0.5, 0.6) is 11.5 Å². The zero-order valence-corrected chi connectivity index (χ0v) is 15.6. The molecule has 0 bridgehead atoms. The number of aromatic nitrogens is 1. The van der Waals surface area contributed by atoms with Crippen LogP contribution in [0.2, 0.25) is 0 Å². The Hall–Kier alpha value is -3.75. The molecule has 2 aromatic carbocycles. The predicted molar refractivity (Wildman–Crippen MR) is 105 cm³/mol.